The van der Waals surface area contributed by atoms with Gasteiger partial charge in [-0.2, -0.15) is 0 Å². The van der Waals surface area contributed by atoms with E-state index in [9.17, 15) is 9.90 Å². The molecule has 0 unspecified atom stereocenters. The Morgan fingerprint density at radius 2 is 1.72 bits per heavy atom. The molecule has 0 radical (unpaired) electrons. The van der Waals surface area contributed by atoms with E-state index in [1.807, 2.05) is 26.8 Å². The van der Waals surface area contributed by atoms with Crippen LogP contribution >= 0.6 is 11.3 Å². The van der Waals surface area contributed by atoms with Gasteiger partial charge in [0.05, 0.1) is 9.88 Å². The van der Waals surface area contributed by atoms with E-state index in [2.05, 4.69) is 18.0 Å². The van der Waals surface area contributed by atoms with E-state index in [4.69, 9.17) is 0 Å². The van der Waals surface area contributed by atoms with Gasteiger partial charge in [0.25, 0.3) is 0 Å². The fourth-order valence-corrected chi connectivity index (χ4v) is 2.95. The first-order chi connectivity index (χ1) is 8.40. The van der Waals surface area contributed by atoms with E-state index in [0.29, 0.717) is 0 Å². The Morgan fingerprint density at radius 1 is 1.11 bits per heavy atom. The van der Waals surface area contributed by atoms with E-state index >= 15 is 0 Å². The number of benzene rings is 1. The maximum Gasteiger partial charge on any atom is 0.356 e. The topological polar surface area (TPSA) is 50.2 Å². The van der Waals surface area contributed by atoms with Crippen molar-refractivity contribution >= 4 is 17.3 Å². The Kier molecular flexibility index (Phi) is 3.22. The Hall–Kier alpha value is -1.68. The molecule has 3 nitrogen and oxygen atoms in total. The third kappa shape index (κ3) is 2.16. The minimum atomic E-state index is -0.966. The molecule has 1 N–H and O–H groups in total. The molecule has 0 aliphatic rings. The smallest absolute Gasteiger partial charge is 0.356 e. The molecular weight excluding hydrogens is 246 g/mol. The summed E-state index contributed by atoms with van der Waals surface area (Å²) in [6.07, 6.45) is 0. The van der Waals surface area contributed by atoms with Crippen LogP contribution in [0.5, 0.6) is 0 Å². The highest BCUT2D eigenvalue weighted by molar-refractivity contribution is 7.15. The number of carboxylic acid groups (broad SMARTS) is 1. The standard InChI is InChI=1S/C14H15NO2S/c1-7-5-9(3)11(6-8(7)2)13-12(14(16)17)15-10(4)18-13/h5-6H,1-4H3,(H,16,17). The highest BCUT2D eigenvalue weighted by Crippen LogP contribution is 2.33. The van der Waals surface area contributed by atoms with Crippen molar-refractivity contribution < 1.29 is 9.90 Å². The monoisotopic (exact) mass is 261 g/mol. The summed E-state index contributed by atoms with van der Waals surface area (Å²) in [4.78, 5) is 16.1. The van der Waals surface area contributed by atoms with Crippen LogP contribution in [0, 0.1) is 27.7 Å². The summed E-state index contributed by atoms with van der Waals surface area (Å²) in [5.41, 5.74) is 4.60. The first-order valence-electron chi connectivity index (χ1n) is 5.69. The van der Waals surface area contributed by atoms with Crippen molar-refractivity contribution in [1.29, 1.82) is 0 Å². The van der Waals surface area contributed by atoms with Crippen molar-refractivity contribution in [1.82, 2.24) is 4.98 Å². The van der Waals surface area contributed by atoms with Crippen molar-refractivity contribution in [2.45, 2.75) is 27.7 Å². The first kappa shape index (κ1) is 12.8. The number of aryl methyl sites for hydroxylation is 4. The average Bonchev–Trinajstić information content (AvgIpc) is 2.65. The molecule has 1 aromatic heterocycles. The number of hydrogen-bond acceptors (Lipinski definition) is 3. The lowest BCUT2D eigenvalue weighted by Crippen LogP contribution is -1.99. The van der Waals surface area contributed by atoms with Crippen molar-refractivity contribution in [3.05, 3.63) is 39.5 Å². The summed E-state index contributed by atoms with van der Waals surface area (Å²) >= 11 is 1.43. The fourth-order valence-electron chi connectivity index (χ4n) is 1.96. The summed E-state index contributed by atoms with van der Waals surface area (Å²) in [7, 11) is 0. The third-order valence-electron chi connectivity index (χ3n) is 3.02. The van der Waals surface area contributed by atoms with Crippen molar-refractivity contribution in [2.24, 2.45) is 0 Å². The molecule has 4 heteroatoms. The van der Waals surface area contributed by atoms with Gasteiger partial charge in [0.2, 0.25) is 0 Å². The molecule has 0 aliphatic carbocycles. The number of aromatic nitrogens is 1. The van der Waals surface area contributed by atoms with Gasteiger partial charge < -0.3 is 5.11 Å². The minimum Gasteiger partial charge on any atom is -0.476 e. The molecule has 1 heterocycles. The number of nitrogens with zero attached hydrogens (tertiary/aromatic N) is 1. The zero-order valence-electron chi connectivity index (χ0n) is 10.9. The van der Waals surface area contributed by atoms with Crippen LogP contribution in [0.2, 0.25) is 0 Å². The normalized spacial score (nSPS) is 10.7. The van der Waals surface area contributed by atoms with E-state index in [1.54, 1.807) is 0 Å². The van der Waals surface area contributed by atoms with Crippen LogP contribution in [0.15, 0.2) is 12.1 Å². The number of hydrogen-bond donors (Lipinski definition) is 1. The van der Waals surface area contributed by atoms with Gasteiger partial charge in [-0.05, 0) is 49.9 Å². The summed E-state index contributed by atoms with van der Waals surface area (Å²) in [5, 5.41) is 9.98. The Balaban J connectivity index is 2.69. The first-order valence-corrected chi connectivity index (χ1v) is 6.50. The highest BCUT2D eigenvalue weighted by Gasteiger charge is 2.19. The highest BCUT2D eigenvalue weighted by atomic mass is 32.1. The minimum absolute atomic E-state index is 0.156. The van der Waals surface area contributed by atoms with Crippen LogP contribution in [-0.4, -0.2) is 16.1 Å². The summed E-state index contributed by atoms with van der Waals surface area (Å²) in [6, 6.07) is 4.13. The number of thiazole rings is 1. The summed E-state index contributed by atoms with van der Waals surface area (Å²) < 4.78 is 0. The molecule has 0 aliphatic heterocycles. The Labute approximate surface area is 110 Å². The summed E-state index contributed by atoms with van der Waals surface area (Å²) in [6.45, 7) is 7.92. The largest absolute Gasteiger partial charge is 0.476 e. The van der Waals surface area contributed by atoms with Crippen LogP contribution < -0.4 is 0 Å². The number of carbonyl (C=O) groups is 1. The molecule has 2 aromatic rings. The van der Waals surface area contributed by atoms with Crippen molar-refractivity contribution in [3.63, 3.8) is 0 Å². The molecule has 94 valence electrons. The quantitative estimate of drug-likeness (QED) is 0.895. The Morgan fingerprint density at radius 3 is 2.33 bits per heavy atom. The average molecular weight is 261 g/mol. The van der Waals surface area contributed by atoms with E-state index in [-0.39, 0.29) is 5.69 Å². The maximum atomic E-state index is 11.2. The zero-order chi connectivity index (χ0) is 13.4. The molecule has 0 spiro atoms. The lowest BCUT2D eigenvalue weighted by molar-refractivity contribution is 0.0692. The van der Waals surface area contributed by atoms with E-state index < -0.39 is 5.97 Å². The molecule has 0 fully saturated rings. The van der Waals surface area contributed by atoms with Gasteiger partial charge in [-0.1, -0.05) is 12.1 Å². The van der Waals surface area contributed by atoms with Crippen LogP contribution in [0.4, 0.5) is 0 Å². The van der Waals surface area contributed by atoms with Crippen LogP contribution in [0.1, 0.15) is 32.2 Å². The lowest BCUT2D eigenvalue weighted by Gasteiger charge is -2.08. The molecule has 0 bridgehead atoms. The van der Waals surface area contributed by atoms with Gasteiger partial charge in [0.15, 0.2) is 5.69 Å². The number of carboxylic acids is 1. The number of rotatable bonds is 2. The molecular formula is C14H15NO2S. The van der Waals surface area contributed by atoms with E-state index in [1.165, 1.54) is 16.9 Å². The fraction of sp³-hybridized carbons (Fsp3) is 0.286. The van der Waals surface area contributed by atoms with Crippen molar-refractivity contribution in [3.8, 4) is 10.4 Å². The number of aromatic carboxylic acids is 1. The van der Waals surface area contributed by atoms with Gasteiger partial charge >= 0.3 is 5.97 Å². The second-order valence-electron chi connectivity index (χ2n) is 4.47. The molecule has 18 heavy (non-hydrogen) atoms. The molecule has 0 amide bonds. The molecule has 0 saturated carbocycles. The van der Waals surface area contributed by atoms with Gasteiger partial charge in [0, 0.05) is 0 Å². The Bertz CT molecular complexity index is 629. The van der Waals surface area contributed by atoms with Crippen molar-refractivity contribution in [2.75, 3.05) is 0 Å². The predicted octanol–water partition coefficient (Wildman–Crippen LogP) is 3.74. The lowest BCUT2D eigenvalue weighted by atomic mass is 9.99. The van der Waals surface area contributed by atoms with Crippen LogP contribution in [-0.2, 0) is 0 Å². The third-order valence-corrected chi connectivity index (χ3v) is 4.03. The maximum absolute atomic E-state index is 11.2. The van der Waals surface area contributed by atoms with Gasteiger partial charge in [-0.25, -0.2) is 9.78 Å². The molecule has 2 rings (SSSR count). The van der Waals surface area contributed by atoms with Crippen LogP contribution in [0.3, 0.4) is 0 Å². The molecule has 1 aromatic carbocycles. The van der Waals surface area contributed by atoms with Gasteiger partial charge in [0.1, 0.15) is 0 Å². The molecule has 0 atom stereocenters. The van der Waals surface area contributed by atoms with E-state index in [0.717, 1.165) is 26.6 Å². The van der Waals surface area contributed by atoms with Crippen LogP contribution in [0.25, 0.3) is 10.4 Å². The zero-order valence-corrected chi connectivity index (χ0v) is 11.7. The molecule has 0 saturated heterocycles. The van der Waals surface area contributed by atoms with Gasteiger partial charge in [-0.3, -0.25) is 0 Å². The second-order valence-corrected chi connectivity index (χ2v) is 5.67. The SMILES string of the molecule is Cc1nc(C(=O)O)c(-c2cc(C)c(C)cc2C)s1. The predicted molar refractivity (Wildman–Crippen MR) is 73.5 cm³/mol. The van der Waals surface area contributed by atoms with Gasteiger partial charge in [-0.15, -0.1) is 11.3 Å². The summed E-state index contributed by atoms with van der Waals surface area (Å²) in [5.74, 6) is -0.966. The second kappa shape index (κ2) is 4.53.